The highest BCUT2D eigenvalue weighted by Crippen LogP contribution is 2.15. The second-order valence-electron chi connectivity index (χ2n) is 3.24. The zero-order valence-electron chi connectivity index (χ0n) is 8.63. The van der Waals surface area contributed by atoms with Gasteiger partial charge in [0.25, 0.3) is 0 Å². The number of hydrogen-bond acceptors (Lipinski definition) is 5. The summed E-state index contributed by atoms with van der Waals surface area (Å²) in [6.07, 6.45) is 0. The van der Waals surface area contributed by atoms with Crippen molar-refractivity contribution in [1.82, 2.24) is 0 Å². The zero-order chi connectivity index (χ0) is 13.0. The SMILES string of the molecule is Nc1ccccc1C(=O)C(C(=O)CCl)[N+](=O)[O-]. The molecule has 0 aromatic heterocycles. The number of rotatable bonds is 5. The predicted octanol–water partition coefficient (Wildman–Crippen LogP) is 0.905. The van der Waals surface area contributed by atoms with Gasteiger partial charge in [0.05, 0.1) is 5.88 Å². The molecule has 1 rings (SSSR count). The summed E-state index contributed by atoms with van der Waals surface area (Å²) in [6.45, 7) is 0. The van der Waals surface area contributed by atoms with Crippen LogP contribution in [-0.2, 0) is 4.79 Å². The number of benzene rings is 1. The molecule has 90 valence electrons. The maximum absolute atomic E-state index is 11.8. The number of carbonyl (C=O) groups is 2. The number of nitrogens with zero attached hydrogens (tertiary/aromatic N) is 1. The highest BCUT2D eigenvalue weighted by atomic mass is 35.5. The largest absolute Gasteiger partial charge is 0.398 e. The molecule has 1 aromatic carbocycles. The van der Waals surface area contributed by atoms with Crippen LogP contribution in [0.2, 0.25) is 0 Å². The molecule has 0 saturated heterocycles. The number of para-hydroxylation sites is 1. The van der Waals surface area contributed by atoms with Gasteiger partial charge in [0, 0.05) is 16.2 Å². The molecule has 0 aliphatic carbocycles. The molecule has 1 atom stereocenters. The summed E-state index contributed by atoms with van der Waals surface area (Å²) in [7, 11) is 0. The van der Waals surface area contributed by atoms with Gasteiger partial charge in [0.1, 0.15) is 0 Å². The molecule has 0 amide bonds. The van der Waals surface area contributed by atoms with Crippen LogP contribution < -0.4 is 5.73 Å². The van der Waals surface area contributed by atoms with Crippen LogP contribution in [0, 0.1) is 10.1 Å². The Bertz CT molecular complexity index is 475. The fraction of sp³-hybridized carbons (Fsp3) is 0.200. The predicted molar refractivity (Wildman–Crippen MR) is 61.7 cm³/mol. The van der Waals surface area contributed by atoms with Gasteiger partial charge in [-0.1, -0.05) is 12.1 Å². The van der Waals surface area contributed by atoms with E-state index < -0.39 is 28.4 Å². The average Bonchev–Trinajstić information content (AvgIpc) is 2.28. The van der Waals surface area contributed by atoms with E-state index in [-0.39, 0.29) is 11.3 Å². The highest BCUT2D eigenvalue weighted by Gasteiger charge is 2.38. The molecule has 0 saturated carbocycles. The number of anilines is 1. The molecule has 0 bridgehead atoms. The van der Waals surface area contributed by atoms with Crippen LogP contribution in [0.5, 0.6) is 0 Å². The van der Waals surface area contributed by atoms with Gasteiger partial charge in [-0.2, -0.15) is 0 Å². The van der Waals surface area contributed by atoms with Crippen molar-refractivity contribution >= 4 is 28.9 Å². The van der Waals surface area contributed by atoms with Crippen molar-refractivity contribution in [3.8, 4) is 0 Å². The second kappa shape index (κ2) is 5.40. The van der Waals surface area contributed by atoms with Gasteiger partial charge in [-0.15, -0.1) is 11.6 Å². The van der Waals surface area contributed by atoms with Gasteiger partial charge >= 0.3 is 6.04 Å². The summed E-state index contributed by atoms with van der Waals surface area (Å²) in [5.74, 6) is -2.49. The first-order chi connectivity index (χ1) is 7.99. The smallest absolute Gasteiger partial charge is 0.333 e. The summed E-state index contributed by atoms with van der Waals surface area (Å²) in [5.41, 5.74) is 5.55. The topological polar surface area (TPSA) is 103 Å². The molecule has 6 nitrogen and oxygen atoms in total. The molecule has 0 heterocycles. The fourth-order valence-electron chi connectivity index (χ4n) is 1.30. The van der Waals surface area contributed by atoms with Crippen molar-refractivity contribution < 1.29 is 14.5 Å². The van der Waals surface area contributed by atoms with Crippen LogP contribution in [0.3, 0.4) is 0 Å². The minimum absolute atomic E-state index is 0.0485. The standard InChI is InChI=1S/C10H9ClN2O4/c11-5-8(14)9(13(16)17)10(15)6-3-1-2-4-7(6)12/h1-4,9H,5,12H2. The first-order valence-electron chi connectivity index (χ1n) is 4.60. The molecule has 2 N–H and O–H groups in total. The van der Waals surface area contributed by atoms with Gasteiger partial charge in [-0.05, 0) is 12.1 Å². The maximum Gasteiger partial charge on any atom is 0.333 e. The van der Waals surface area contributed by atoms with E-state index in [0.29, 0.717) is 0 Å². The van der Waals surface area contributed by atoms with E-state index >= 15 is 0 Å². The summed E-state index contributed by atoms with van der Waals surface area (Å²) in [4.78, 5) is 32.8. The van der Waals surface area contributed by atoms with Crippen molar-refractivity contribution in [2.45, 2.75) is 6.04 Å². The minimum Gasteiger partial charge on any atom is -0.398 e. The number of halogens is 1. The third-order valence-corrected chi connectivity index (χ3v) is 2.39. The van der Waals surface area contributed by atoms with Crippen LogP contribution in [-0.4, -0.2) is 28.4 Å². The molecule has 1 aromatic rings. The molecule has 0 radical (unpaired) electrons. The number of carbonyl (C=O) groups excluding carboxylic acids is 2. The number of nitrogen functional groups attached to an aromatic ring is 1. The van der Waals surface area contributed by atoms with E-state index in [1.165, 1.54) is 18.2 Å². The van der Waals surface area contributed by atoms with E-state index in [2.05, 4.69) is 0 Å². The Morgan fingerprint density at radius 3 is 2.47 bits per heavy atom. The lowest BCUT2D eigenvalue weighted by Gasteiger charge is -2.07. The van der Waals surface area contributed by atoms with E-state index in [0.717, 1.165) is 0 Å². The van der Waals surface area contributed by atoms with Crippen molar-refractivity contribution in [2.24, 2.45) is 0 Å². The Morgan fingerprint density at radius 2 is 2.00 bits per heavy atom. The van der Waals surface area contributed by atoms with Gasteiger partial charge in [-0.25, -0.2) is 0 Å². The van der Waals surface area contributed by atoms with E-state index in [1.807, 2.05) is 0 Å². The zero-order valence-corrected chi connectivity index (χ0v) is 9.39. The van der Waals surface area contributed by atoms with Gasteiger partial charge in [0.15, 0.2) is 0 Å². The number of Topliss-reactive ketones (excluding diaryl/α,β-unsaturated/α-hetero) is 2. The van der Waals surface area contributed by atoms with Crippen molar-refractivity contribution in [3.63, 3.8) is 0 Å². The van der Waals surface area contributed by atoms with Crippen LogP contribution in [0.25, 0.3) is 0 Å². The van der Waals surface area contributed by atoms with Gasteiger partial charge < -0.3 is 5.73 Å². The van der Waals surface area contributed by atoms with Crippen molar-refractivity contribution in [2.75, 3.05) is 11.6 Å². The lowest BCUT2D eigenvalue weighted by molar-refractivity contribution is -0.490. The Morgan fingerprint density at radius 1 is 1.41 bits per heavy atom. The molecular formula is C10H9ClN2O4. The first kappa shape index (κ1) is 13.1. The summed E-state index contributed by atoms with van der Waals surface area (Å²) >= 11 is 5.22. The van der Waals surface area contributed by atoms with E-state index in [4.69, 9.17) is 17.3 Å². The quantitative estimate of drug-likeness (QED) is 0.211. The van der Waals surface area contributed by atoms with E-state index in [9.17, 15) is 19.7 Å². The Labute approximate surface area is 102 Å². The minimum atomic E-state index is -1.99. The van der Waals surface area contributed by atoms with Crippen molar-refractivity contribution in [3.05, 3.63) is 39.9 Å². The summed E-state index contributed by atoms with van der Waals surface area (Å²) in [6, 6.07) is 3.85. The van der Waals surface area contributed by atoms with E-state index in [1.54, 1.807) is 6.07 Å². The number of nitrogens with two attached hydrogens (primary N) is 1. The average molecular weight is 257 g/mol. The number of alkyl halides is 1. The molecule has 7 heteroatoms. The Balaban J connectivity index is 3.14. The fourth-order valence-corrected chi connectivity index (χ4v) is 1.45. The van der Waals surface area contributed by atoms with Crippen LogP contribution in [0.1, 0.15) is 10.4 Å². The molecule has 1 unspecified atom stereocenters. The normalized spacial score (nSPS) is 11.8. The molecular weight excluding hydrogens is 248 g/mol. The lowest BCUT2D eigenvalue weighted by Crippen LogP contribution is -2.38. The lowest BCUT2D eigenvalue weighted by atomic mass is 10.0. The van der Waals surface area contributed by atoms with Gasteiger partial charge in [0.2, 0.25) is 11.6 Å². The third kappa shape index (κ3) is 2.79. The van der Waals surface area contributed by atoms with Crippen LogP contribution in [0.15, 0.2) is 24.3 Å². The molecule has 0 aliphatic heterocycles. The Hall–Kier alpha value is -1.95. The molecule has 17 heavy (non-hydrogen) atoms. The van der Waals surface area contributed by atoms with Crippen LogP contribution in [0.4, 0.5) is 5.69 Å². The summed E-state index contributed by atoms with van der Waals surface area (Å²) in [5, 5.41) is 10.7. The van der Waals surface area contributed by atoms with Crippen LogP contribution >= 0.6 is 11.6 Å². The third-order valence-electron chi connectivity index (χ3n) is 2.12. The maximum atomic E-state index is 11.8. The number of hydrogen-bond donors (Lipinski definition) is 1. The monoisotopic (exact) mass is 256 g/mol. The van der Waals surface area contributed by atoms with Gasteiger partial charge in [-0.3, -0.25) is 19.7 Å². The first-order valence-corrected chi connectivity index (χ1v) is 5.13. The highest BCUT2D eigenvalue weighted by molar-refractivity contribution is 6.31. The van der Waals surface area contributed by atoms with Crippen molar-refractivity contribution in [1.29, 1.82) is 0 Å². The number of ketones is 2. The number of nitro groups is 1. The second-order valence-corrected chi connectivity index (χ2v) is 3.51. The Kier molecular flexibility index (Phi) is 4.17. The molecule has 0 spiro atoms. The summed E-state index contributed by atoms with van der Waals surface area (Å²) < 4.78 is 0. The molecule has 0 aliphatic rings. The molecule has 0 fully saturated rings.